The average Bonchev–Trinajstić information content (AvgIpc) is 2.91. The summed E-state index contributed by atoms with van der Waals surface area (Å²) in [4.78, 5) is 0. The van der Waals surface area contributed by atoms with Gasteiger partial charge in [-0.2, -0.15) is 8.78 Å². The monoisotopic (exact) mass is 570 g/mol. The molecule has 0 heterocycles. The summed E-state index contributed by atoms with van der Waals surface area (Å²) in [5.41, 5.74) is 1.67. The zero-order valence-corrected chi connectivity index (χ0v) is 21.1. The third-order valence-corrected chi connectivity index (χ3v) is 6.42. The first-order valence-electron chi connectivity index (χ1n) is 12.1. The molecular weight excluding hydrogens is 552 g/mol. The summed E-state index contributed by atoms with van der Waals surface area (Å²) in [7, 11) is 0. The van der Waals surface area contributed by atoms with Gasteiger partial charge in [-0.05, 0) is 52.9 Å². The van der Waals surface area contributed by atoms with Gasteiger partial charge in [0.1, 0.15) is 28.8 Å². The van der Waals surface area contributed by atoms with Crippen molar-refractivity contribution in [3.8, 4) is 39.1 Å². The third-order valence-electron chi connectivity index (χ3n) is 6.42. The zero-order valence-electron chi connectivity index (χ0n) is 21.1. The van der Waals surface area contributed by atoms with Crippen LogP contribution in [0.15, 0.2) is 91.0 Å². The standard InChI is InChI=1S/C32H18F8O/c1-17-2-4-18(5-3-17)21-10-11-24(25(33)12-21)20-8-6-19(7-9-20)22-13-26(34)30(27(35)14-22)32(39,40)41-23-15-28(36)31(38)29(37)16-23/h2-16H,1H3. The van der Waals surface area contributed by atoms with E-state index in [1.54, 1.807) is 12.1 Å². The van der Waals surface area contributed by atoms with E-state index in [2.05, 4.69) is 4.74 Å². The van der Waals surface area contributed by atoms with Crippen molar-refractivity contribution in [3.63, 3.8) is 0 Å². The fraction of sp³-hybridized carbons (Fsp3) is 0.0625. The quantitative estimate of drug-likeness (QED) is 0.146. The molecule has 41 heavy (non-hydrogen) atoms. The maximum atomic E-state index is 15.0. The van der Waals surface area contributed by atoms with Crippen LogP contribution in [-0.4, -0.2) is 0 Å². The van der Waals surface area contributed by atoms with Crippen LogP contribution in [-0.2, 0) is 6.11 Å². The maximum absolute atomic E-state index is 15.0. The Labute approximate surface area is 229 Å². The fourth-order valence-electron chi connectivity index (χ4n) is 4.33. The van der Waals surface area contributed by atoms with Crippen LogP contribution in [0.2, 0.25) is 0 Å². The number of hydrogen-bond donors (Lipinski definition) is 0. The van der Waals surface area contributed by atoms with E-state index < -0.39 is 52.3 Å². The lowest BCUT2D eigenvalue weighted by Gasteiger charge is -2.20. The molecule has 5 aromatic rings. The first-order chi connectivity index (χ1) is 19.4. The van der Waals surface area contributed by atoms with E-state index in [1.165, 1.54) is 30.3 Å². The first-order valence-corrected chi connectivity index (χ1v) is 12.1. The number of hydrogen-bond acceptors (Lipinski definition) is 1. The molecule has 0 aromatic heterocycles. The number of aryl methyl sites for hydroxylation is 1. The van der Waals surface area contributed by atoms with Gasteiger partial charge in [-0.1, -0.05) is 66.2 Å². The molecule has 208 valence electrons. The van der Waals surface area contributed by atoms with Crippen LogP contribution in [0.5, 0.6) is 5.75 Å². The minimum atomic E-state index is -4.70. The highest BCUT2D eigenvalue weighted by atomic mass is 19.3. The van der Waals surface area contributed by atoms with Crippen LogP contribution in [0, 0.1) is 41.8 Å². The van der Waals surface area contributed by atoms with E-state index in [9.17, 15) is 35.1 Å². The van der Waals surface area contributed by atoms with Gasteiger partial charge in [0.15, 0.2) is 17.5 Å². The van der Waals surface area contributed by atoms with E-state index in [0.717, 1.165) is 11.1 Å². The SMILES string of the molecule is Cc1ccc(-c2ccc(-c3ccc(-c4cc(F)c(C(F)(F)Oc5cc(F)c(F)c(F)c5)c(F)c4)cc3)c(F)c2)cc1. The van der Waals surface area contributed by atoms with E-state index in [4.69, 9.17) is 0 Å². The Hall–Kier alpha value is -4.66. The van der Waals surface area contributed by atoms with Crippen LogP contribution in [0.25, 0.3) is 33.4 Å². The van der Waals surface area contributed by atoms with E-state index in [-0.39, 0.29) is 28.8 Å². The summed E-state index contributed by atoms with van der Waals surface area (Å²) in [5, 5.41) is 0. The zero-order chi connectivity index (χ0) is 29.5. The number of alkyl halides is 2. The number of ether oxygens (including phenoxy) is 1. The van der Waals surface area contributed by atoms with Crippen molar-refractivity contribution in [2.45, 2.75) is 13.0 Å². The molecule has 0 unspecified atom stereocenters. The Morgan fingerprint density at radius 2 is 0.951 bits per heavy atom. The molecule has 0 aliphatic carbocycles. The fourth-order valence-corrected chi connectivity index (χ4v) is 4.33. The number of rotatable bonds is 6. The van der Waals surface area contributed by atoms with Gasteiger partial charge < -0.3 is 4.74 Å². The first kappa shape index (κ1) is 27.9. The average molecular weight is 570 g/mol. The third kappa shape index (κ3) is 5.66. The predicted octanol–water partition coefficient (Wildman–Crippen LogP) is 9.96. The number of halogens is 8. The van der Waals surface area contributed by atoms with Crippen LogP contribution >= 0.6 is 0 Å². The smallest absolute Gasteiger partial charge is 0.429 e. The van der Waals surface area contributed by atoms with Gasteiger partial charge in [-0.15, -0.1) is 0 Å². The molecule has 0 atom stereocenters. The topological polar surface area (TPSA) is 9.23 Å². The second kappa shape index (κ2) is 10.7. The van der Waals surface area contributed by atoms with Gasteiger partial charge in [0.25, 0.3) is 0 Å². The largest absolute Gasteiger partial charge is 0.432 e. The summed E-state index contributed by atoms with van der Waals surface area (Å²) in [5.74, 6) is -10.6. The van der Waals surface area contributed by atoms with Crippen LogP contribution in [0.4, 0.5) is 35.1 Å². The molecule has 5 rings (SSSR count). The Balaban J connectivity index is 1.40. The van der Waals surface area contributed by atoms with E-state index in [0.29, 0.717) is 23.3 Å². The van der Waals surface area contributed by atoms with Gasteiger partial charge in [0.05, 0.1) is 0 Å². The highest BCUT2D eigenvalue weighted by Gasteiger charge is 2.41. The summed E-state index contributed by atoms with van der Waals surface area (Å²) >= 11 is 0. The Bertz CT molecular complexity index is 1700. The van der Waals surface area contributed by atoms with Gasteiger partial charge >= 0.3 is 6.11 Å². The van der Waals surface area contributed by atoms with Crippen LogP contribution in [0.1, 0.15) is 11.1 Å². The molecule has 5 aromatic carbocycles. The van der Waals surface area contributed by atoms with Crippen LogP contribution in [0.3, 0.4) is 0 Å². The van der Waals surface area contributed by atoms with Gasteiger partial charge in [-0.25, -0.2) is 26.3 Å². The Kier molecular flexibility index (Phi) is 7.29. The predicted molar refractivity (Wildman–Crippen MR) is 138 cm³/mol. The Morgan fingerprint density at radius 3 is 1.51 bits per heavy atom. The summed E-state index contributed by atoms with van der Waals surface area (Å²) < 4.78 is 118. The van der Waals surface area contributed by atoms with Crippen molar-refractivity contribution in [1.82, 2.24) is 0 Å². The van der Waals surface area contributed by atoms with Gasteiger partial charge in [0, 0.05) is 17.7 Å². The van der Waals surface area contributed by atoms with Crippen LogP contribution < -0.4 is 4.74 Å². The lowest BCUT2D eigenvalue weighted by atomic mass is 9.96. The van der Waals surface area contributed by atoms with Gasteiger partial charge in [-0.3, -0.25) is 0 Å². The minimum Gasteiger partial charge on any atom is -0.429 e. The van der Waals surface area contributed by atoms with Crippen molar-refractivity contribution in [2.24, 2.45) is 0 Å². The highest BCUT2D eigenvalue weighted by Crippen LogP contribution is 2.38. The molecular formula is C32H18F8O. The number of benzene rings is 5. The molecule has 0 fully saturated rings. The summed E-state index contributed by atoms with van der Waals surface area (Å²) in [6.07, 6.45) is -4.70. The van der Waals surface area contributed by atoms with Crippen molar-refractivity contribution >= 4 is 0 Å². The van der Waals surface area contributed by atoms with E-state index in [1.807, 2.05) is 31.2 Å². The molecule has 0 amide bonds. The van der Waals surface area contributed by atoms with E-state index >= 15 is 0 Å². The second-order valence-corrected chi connectivity index (χ2v) is 9.27. The molecule has 9 heteroatoms. The van der Waals surface area contributed by atoms with Crippen molar-refractivity contribution in [2.75, 3.05) is 0 Å². The maximum Gasteiger partial charge on any atom is 0.432 e. The Morgan fingerprint density at radius 1 is 0.488 bits per heavy atom. The molecule has 0 bridgehead atoms. The molecule has 0 aliphatic rings. The summed E-state index contributed by atoms with van der Waals surface area (Å²) in [6, 6.07) is 19.8. The molecule has 0 saturated heterocycles. The van der Waals surface area contributed by atoms with Crippen molar-refractivity contribution < 1.29 is 39.9 Å². The molecule has 0 saturated carbocycles. The van der Waals surface area contributed by atoms with Crippen molar-refractivity contribution in [1.29, 1.82) is 0 Å². The molecule has 0 radical (unpaired) electrons. The van der Waals surface area contributed by atoms with Crippen molar-refractivity contribution in [3.05, 3.63) is 137 Å². The molecule has 1 nitrogen and oxygen atoms in total. The van der Waals surface area contributed by atoms with Gasteiger partial charge in [0.2, 0.25) is 0 Å². The molecule has 0 N–H and O–H groups in total. The lowest BCUT2D eigenvalue weighted by Crippen LogP contribution is -2.25. The molecule has 0 spiro atoms. The molecule has 0 aliphatic heterocycles. The summed E-state index contributed by atoms with van der Waals surface area (Å²) in [6.45, 7) is 1.95. The highest BCUT2D eigenvalue weighted by molar-refractivity contribution is 5.74. The minimum absolute atomic E-state index is 0.111. The lowest BCUT2D eigenvalue weighted by molar-refractivity contribution is -0.189. The second-order valence-electron chi connectivity index (χ2n) is 9.27. The normalized spacial score (nSPS) is 11.5.